The Balaban J connectivity index is 1.92. The fourth-order valence-corrected chi connectivity index (χ4v) is 2.40. The van der Waals surface area contributed by atoms with Crippen LogP contribution >= 0.6 is 0 Å². The van der Waals surface area contributed by atoms with Crippen LogP contribution in [0.15, 0.2) is 53.8 Å². The first-order chi connectivity index (χ1) is 10.6. The van der Waals surface area contributed by atoms with Crippen LogP contribution in [0, 0.1) is 5.92 Å². The van der Waals surface area contributed by atoms with E-state index in [1.165, 1.54) is 13.2 Å². The molecule has 1 atom stereocenters. The largest absolute Gasteiger partial charge is 0.501 e. The molecule has 0 saturated carbocycles. The van der Waals surface area contributed by atoms with Gasteiger partial charge in [-0.25, -0.2) is 4.79 Å². The van der Waals surface area contributed by atoms with E-state index < -0.39 is 5.97 Å². The Kier molecular flexibility index (Phi) is 5.36. The van der Waals surface area contributed by atoms with Gasteiger partial charge in [0, 0.05) is 12.3 Å². The first-order valence-electron chi connectivity index (χ1n) is 7.01. The number of para-hydroxylation sites is 1. The predicted molar refractivity (Wildman–Crippen MR) is 80.5 cm³/mol. The van der Waals surface area contributed by atoms with Crippen LogP contribution in [0.25, 0.3) is 0 Å². The van der Waals surface area contributed by atoms with Gasteiger partial charge in [0.2, 0.25) is 0 Å². The van der Waals surface area contributed by atoms with Gasteiger partial charge < -0.3 is 14.6 Å². The van der Waals surface area contributed by atoms with Crippen molar-refractivity contribution in [1.82, 2.24) is 0 Å². The second-order valence-corrected chi connectivity index (χ2v) is 4.92. The van der Waals surface area contributed by atoms with Gasteiger partial charge >= 0.3 is 5.97 Å². The summed E-state index contributed by atoms with van der Waals surface area (Å²) in [6.45, 7) is -0.0729. The molecular formula is C17H18O5. The molecule has 1 aromatic rings. The molecule has 1 N–H and O–H groups in total. The first-order valence-corrected chi connectivity index (χ1v) is 7.01. The van der Waals surface area contributed by atoms with E-state index in [0.717, 1.165) is 0 Å². The number of ether oxygens (including phenoxy) is 2. The molecule has 0 bridgehead atoms. The van der Waals surface area contributed by atoms with Gasteiger partial charge in [0.25, 0.3) is 0 Å². The smallest absolute Gasteiger partial charge is 0.335 e. The SMILES string of the molecule is COC1=C(C(=O)O)C(C=CC(=O)COc2ccccc2)CC1. The molecule has 0 radical (unpaired) electrons. The van der Waals surface area contributed by atoms with E-state index in [4.69, 9.17) is 9.47 Å². The third-order valence-corrected chi connectivity index (χ3v) is 3.47. The molecule has 1 unspecified atom stereocenters. The van der Waals surface area contributed by atoms with Crippen LogP contribution in [0.1, 0.15) is 12.8 Å². The average Bonchev–Trinajstić information content (AvgIpc) is 2.95. The molecule has 0 saturated heterocycles. The van der Waals surface area contributed by atoms with Gasteiger partial charge in [0.05, 0.1) is 12.7 Å². The summed E-state index contributed by atoms with van der Waals surface area (Å²) in [7, 11) is 1.46. The summed E-state index contributed by atoms with van der Waals surface area (Å²) in [4.78, 5) is 23.0. The quantitative estimate of drug-likeness (QED) is 0.784. The molecule has 0 spiro atoms. The van der Waals surface area contributed by atoms with E-state index in [-0.39, 0.29) is 23.9 Å². The number of ketones is 1. The minimum atomic E-state index is -1.00. The van der Waals surface area contributed by atoms with E-state index >= 15 is 0 Å². The zero-order valence-corrected chi connectivity index (χ0v) is 12.3. The maximum Gasteiger partial charge on any atom is 0.335 e. The average molecular weight is 302 g/mol. The number of carbonyl (C=O) groups excluding carboxylic acids is 1. The fraction of sp³-hybridized carbons (Fsp3) is 0.294. The Morgan fingerprint density at radius 2 is 2.05 bits per heavy atom. The van der Waals surface area contributed by atoms with Crippen LogP contribution in [0.2, 0.25) is 0 Å². The second-order valence-electron chi connectivity index (χ2n) is 4.92. The lowest BCUT2D eigenvalue weighted by Gasteiger charge is -2.06. The number of allylic oxidation sites excluding steroid dienone is 2. The van der Waals surface area contributed by atoms with Crippen LogP contribution in [0.3, 0.4) is 0 Å². The number of hydrogen-bond acceptors (Lipinski definition) is 4. The summed E-state index contributed by atoms with van der Waals surface area (Å²) in [5.41, 5.74) is 0.232. The van der Waals surface area contributed by atoms with Gasteiger partial charge in [-0.15, -0.1) is 0 Å². The summed E-state index contributed by atoms with van der Waals surface area (Å²) in [6, 6.07) is 9.05. The van der Waals surface area contributed by atoms with Gasteiger partial charge in [-0.05, 0) is 24.6 Å². The lowest BCUT2D eigenvalue weighted by atomic mass is 10.0. The Morgan fingerprint density at radius 3 is 2.68 bits per heavy atom. The van der Waals surface area contributed by atoms with Crippen molar-refractivity contribution >= 4 is 11.8 Å². The minimum absolute atomic E-state index is 0.0729. The number of carbonyl (C=O) groups is 2. The normalized spacial score (nSPS) is 17.8. The monoisotopic (exact) mass is 302 g/mol. The molecule has 0 fully saturated rings. The summed E-state index contributed by atoms with van der Waals surface area (Å²) in [6.07, 6.45) is 4.21. The van der Waals surface area contributed by atoms with E-state index in [0.29, 0.717) is 24.4 Å². The number of carboxylic acids is 1. The van der Waals surface area contributed by atoms with Gasteiger partial charge in [-0.2, -0.15) is 0 Å². The molecule has 0 heterocycles. The molecule has 1 aliphatic rings. The van der Waals surface area contributed by atoms with Gasteiger partial charge in [-0.1, -0.05) is 24.3 Å². The fourth-order valence-electron chi connectivity index (χ4n) is 2.40. The number of methoxy groups -OCH3 is 1. The van der Waals surface area contributed by atoms with Crippen molar-refractivity contribution < 1.29 is 24.2 Å². The third-order valence-electron chi connectivity index (χ3n) is 3.47. The van der Waals surface area contributed by atoms with E-state index in [1.807, 2.05) is 18.2 Å². The van der Waals surface area contributed by atoms with Gasteiger partial charge in [0.15, 0.2) is 12.4 Å². The molecule has 22 heavy (non-hydrogen) atoms. The number of benzene rings is 1. The number of aliphatic carboxylic acids is 1. The molecule has 1 aromatic carbocycles. The van der Waals surface area contributed by atoms with Crippen LogP contribution in [0.4, 0.5) is 0 Å². The number of carboxylic acid groups (broad SMARTS) is 1. The van der Waals surface area contributed by atoms with E-state index in [9.17, 15) is 14.7 Å². The third kappa shape index (κ3) is 3.97. The zero-order chi connectivity index (χ0) is 15.9. The van der Waals surface area contributed by atoms with Crippen molar-refractivity contribution in [2.24, 2.45) is 5.92 Å². The molecule has 5 nitrogen and oxygen atoms in total. The second kappa shape index (κ2) is 7.45. The molecule has 0 aliphatic heterocycles. The molecule has 0 aromatic heterocycles. The van der Waals surface area contributed by atoms with Crippen LogP contribution in [-0.2, 0) is 14.3 Å². The molecule has 2 rings (SSSR count). The van der Waals surface area contributed by atoms with Gasteiger partial charge in [-0.3, -0.25) is 4.79 Å². The maximum atomic E-state index is 11.8. The highest BCUT2D eigenvalue weighted by Gasteiger charge is 2.29. The van der Waals surface area contributed by atoms with E-state index in [1.54, 1.807) is 18.2 Å². The molecule has 116 valence electrons. The van der Waals surface area contributed by atoms with Crippen LogP contribution in [-0.4, -0.2) is 30.6 Å². The van der Waals surface area contributed by atoms with Gasteiger partial charge in [0.1, 0.15) is 11.5 Å². The summed E-state index contributed by atoms with van der Waals surface area (Å²) in [5.74, 6) is -0.405. The van der Waals surface area contributed by atoms with Crippen molar-refractivity contribution in [2.75, 3.05) is 13.7 Å². The molecule has 5 heteroatoms. The van der Waals surface area contributed by atoms with Crippen LogP contribution in [0.5, 0.6) is 5.75 Å². The maximum absolute atomic E-state index is 11.8. The standard InChI is InChI=1S/C17H18O5/c1-21-15-10-8-12(16(15)17(19)20)7-9-13(18)11-22-14-5-3-2-4-6-14/h2-7,9,12H,8,10-11H2,1H3,(H,19,20). The molecular weight excluding hydrogens is 284 g/mol. The highest BCUT2D eigenvalue weighted by Crippen LogP contribution is 2.33. The predicted octanol–water partition coefficient (Wildman–Crippen LogP) is 2.59. The summed E-state index contributed by atoms with van der Waals surface area (Å²) >= 11 is 0. The van der Waals surface area contributed by atoms with E-state index in [2.05, 4.69) is 0 Å². The molecule has 1 aliphatic carbocycles. The lowest BCUT2D eigenvalue weighted by molar-refractivity contribution is -0.133. The zero-order valence-electron chi connectivity index (χ0n) is 12.3. The Morgan fingerprint density at radius 1 is 1.32 bits per heavy atom. The highest BCUT2D eigenvalue weighted by atomic mass is 16.5. The molecule has 0 amide bonds. The Bertz CT molecular complexity index is 601. The van der Waals surface area contributed by atoms with Crippen molar-refractivity contribution in [3.05, 3.63) is 53.8 Å². The number of rotatable bonds is 7. The minimum Gasteiger partial charge on any atom is -0.501 e. The number of hydrogen-bond donors (Lipinski definition) is 1. The van der Waals surface area contributed by atoms with Crippen molar-refractivity contribution in [3.63, 3.8) is 0 Å². The highest BCUT2D eigenvalue weighted by molar-refractivity contribution is 5.92. The summed E-state index contributed by atoms with van der Waals surface area (Å²) < 4.78 is 10.4. The Labute approximate surface area is 128 Å². The lowest BCUT2D eigenvalue weighted by Crippen LogP contribution is -2.11. The van der Waals surface area contributed by atoms with Crippen molar-refractivity contribution in [3.8, 4) is 5.75 Å². The first kappa shape index (κ1) is 15.8. The van der Waals surface area contributed by atoms with Crippen LogP contribution < -0.4 is 4.74 Å². The van der Waals surface area contributed by atoms with Crippen molar-refractivity contribution in [1.29, 1.82) is 0 Å². The summed E-state index contributed by atoms with van der Waals surface area (Å²) in [5, 5.41) is 9.22. The van der Waals surface area contributed by atoms with Crippen molar-refractivity contribution in [2.45, 2.75) is 12.8 Å². The topological polar surface area (TPSA) is 72.8 Å². The Hall–Kier alpha value is -2.56.